The van der Waals surface area contributed by atoms with Gasteiger partial charge in [0.1, 0.15) is 11.6 Å². The van der Waals surface area contributed by atoms with E-state index in [4.69, 9.17) is 5.73 Å². The Labute approximate surface area is 256 Å². The maximum absolute atomic E-state index is 14.6. The van der Waals surface area contributed by atoms with E-state index in [9.17, 15) is 28.0 Å². The molecular weight excluding hydrogens is 566 g/mol. The third-order valence-electron chi connectivity index (χ3n) is 7.33. The minimum atomic E-state index is -2.68. The largest absolute Gasteiger partial charge is 0.346 e. The predicted octanol–water partition coefficient (Wildman–Crippen LogP) is 4.19. The fourth-order valence-electron chi connectivity index (χ4n) is 5.44. The highest BCUT2D eigenvalue weighted by Gasteiger charge is 2.57. The van der Waals surface area contributed by atoms with Gasteiger partial charge in [0.2, 0.25) is 11.4 Å². The molecule has 0 aliphatic carbocycles. The normalized spacial score (nSPS) is 15.3. The highest BCUT2D eigenvalue weighted by molar-refractivity contribution is 6.37. The molecule has 0 spiro atoms. The Hall–Kier alpha value is -4.44. The van der Waals surface area contributed by atoms with E-state index in [1.54, 1.807) is 54.6 Å². The average Bonchev–Trinajstić information content (AvgIpc) is 3.01. The van der Waals surface area contributed by atoms with Gasteiger partial charge in [0.05, 0.1) is 23.8 Å². The molecule has 0 aromatic heterocycles. The van der Waals surface area contributed by atoms with Gasteiger partial charge in [-0.2, -0.15) is 0 Å². The minimum Gasteiger partial charge on any atom is -0.346 e. The van der Waals surface area contributed by atoms with Crippen molar-refractivity contribution in [3.05, 3.63) is 95.6 Å². The van der Waals surface area contributed by atoms with Crippen LogP contribution in [-0.2, 0) is 32.0 Å². The van der Waals surface area contributed by atoms with Crippen LogP contribution in [0.4, 0.5) is 20.2 Å². The summed E-state index contributed by atoms with van der Waals surface area (Å²) in [4.78, 5) is 59.3. The number of amides is 3. The van der Waals surface area contributed by atoms with Crippen molar-refractivity contribution in [3.8, 4) is 0 Å². The van der Waals surface area contributed by atoms with Crippen molar-refractivity contribution in [3.63, 3.8) is 0 Å². The molecule has 4 rings (SSSR count). The number of Topliss-reactive ketones (excluding diaryl/α,β-unsaturated/α-hetero) is 1. The molecule has 1 aliphatic heterocycles. The van der Waals surface area contributed by atoms with Gasteiger partial charge < -0.3 is 20.9 Å². The second-order valence-corrected chi connectivity index (χ2v) is 12.0. The molecule has 0 saturated heterocycles. The summed E-state index contributed by atoms with van der Waals surface area (Å²) in [5.41, 5.74) is 5.67. The molecular formula is C34H38F2N4O4. The van der Waals surface area contributed by atoms with Crippen LogP contribution in [0.3, 0.4) is 0 Å². The number of anilines is 2. The van der Waals surface area contributed by atoms with Crippen LogP contribution in [0.5, 0.6) is 0 Å². The van der Waals surface area contributed by atoms with E-state index in [2.05, 4.69) is 5.32 Å². The first-order chi connectivity index (χ1) is 20.8. The Morgan fingerprint density at radius 3 is 1.73 bits per heavy atom. The van der Waals surface area contributed by atoms with Gasteiger partial charge in [-0.25, -0.2) is 8.78 Å². The first-order valence-corrected chi connectivity index (χ1v) is 14.7. The SMILES string of the molecule is CC(C)CN1C(=O)C(N)(C(=O)[C@H](Cc2ccccc2)NC(=O)Cc2cc(F)cc(F)c2)C(=O)N(CC(C)C)c2ccccc21. The van der Waals surface area contributed by atoms with Crippen LogP contribution < -0.4 is 20.9 Å². The van der Waals surface area contributed by atoms with E-state index < -0.39 is 53.1 Å². The second-order valence-electron chi connectivity index (χ2n) is 12.0. The molecule has 3 N–H and O–H groups in total. The molecule has 0 bridgehead atoms. The molecule has 1 aliphatic rings. The number of ketones is 1. The number of carbonyl (C=O) groups excluding carboxylic acids is 4. The number of nitrogens with two attached hydrogens (primary N) is 1. The van der Waals surface area contributed by atoms with Crippen molar-refractivity contribution in [2.45, 2.75) is 52.1 Å². The molecule has 1 heterocycles. The predicted molar refractivity (Wildman–Crippen MR) is 165 cm³/mol. The Kier molecular flexibility index (Phi) is 9.94. The summed E-state index contributed by atoms with van der Waals surface area (Å²) in [7, 11) is 0. The molecule has 0 saturated carbocycles. The summed E-state index contributed by atoms with van der Waals surface area (Å²) in [6.45, 7) is 7.99. The lowest BCUT2D eigenvalue weighted by Gasteiger charge is -2.34. The summed E-state index contributed by atoms with van der Waals surface area (Å²) in [6, 6.07) is 17.0. The zero-order valence-corrected chi connectivity index (χ0v) is 25.3. The van der Waals surface area contributed by atoms with E-state index in [1.165, 1.54) is 9.80 Å². The fourth-order valence-corrected chi connectivity index (χ4v) is 5.44. The second kappa shape index (κ2) is 13.5. The number of carbonyl (C=O) groups is 4. The zero-order chi connectivity index (χ0) is 32.2. The van der Waals surface area contributed by atoms with Crippen LogP contribution in [0, 0.1) is 23.5 Å². The minimum absolute atomic E-state index is 0.0374. The van der Waals surface area contributed by atoms with Crippen LogP contribution in [0.15, 0.2) is 72.8 Å². The lowest BCUT2D eigenvalue weighted by Crippen LogP contribution is -2.72. The third-order valence-corrected chi connectivity index (χ3v) is 7.33. The molecule has 0 unspecified atom stereocenters. The standard InChI is InChI=1S/C34H38F2N4O4/c1-21(2)19-39-28-12-8-9-13-29(28)40(20-22(3)4)33(44)34(37,32(39)43)31(42)27(16-23-10-6-5-7-11-23)38-30(41)17-24-14-25(35)18-26(36)15-24/h5-15,18,21-22,27H,16-17,19-20,37H2,1-4H3,(H,38,41)/t27-/m0/s1. The number of nitrogens with one attached hydrogen (secondary N) is 1. The number of rotatable bonds is 11. The highest BCUT2D eigenvalue weighted by Crippen LogP contribution is 2.37. The van der Waals surface area contributed by atoms with Crippen LogP contribution in [0.25, 0.3) is 0 Å². The maximum atomic E-state index is 14.6. The van der Waals surface area contributed by atoms with E-state index >= 15 is 0 Å². The molecule has 3 amide bonds. The molecule has 3 aromatic carbocycles. The van der Waals surface area contributed by atoms with E-state index in [0.717, 1.165) is 12.1 Å². The number of halogens is 2. The van der Waals surface area contributed by atoms with Crippen LogP contribution in [0.1, 0.15) is 38.8 Å². The summed E-state index contributed by atoms with van der Waals surface area (Å²) in [5, 5.41) is 2.61. The van der Waals surface area contributed by atoms with E-state index in [1.807, 2.05) is 27.7 Å². The molecule has 8 nitrogen and oxygen atoms in total. The number of para-hydroxylation sites is 2. The average molecular weight is 605 g/mol. The van der Waals surface area contributed by atoms with E-state index in [0.29, 0.717) is 23.0 Å². The Bertz CT molecular complexity index is 1470. The van der Waals surface area contributed by atoms with Gasteiger partial charge in [-0.05, 0) is 53.6 Å². The molecule has 3 aromatic rings. The molecule has 1 atom stereocenters. The van der Waals surface area contributed by atoms with Crippen molar-refractivity contribution in [2.24, 2.45) is 17.6 Å². The number of hydrogen-bond acceptors (Lipinski definition) is 5. The number of fused-ring (bicyclic) bond motifs is 1. The van der Waals surface area contributed by atoms with Crippen molar-refractivity contribution in [1.82, 2.24) is 5.32 Å². The summed E-state index contributed by atoms with van der Waals surface area (Å²) in [6.07, 6.45) is -0.527. The summed E-state index contributed by atoms with van der Waals surface area (Å²) >= 11 is 0. The Balaban J connectivity index is 1.79. The maximum Gasteiger partial charge on any atom is 0.264 e. The van der Waals surface area contributed by atoms with Gasteiger partial charge in [-0.3, -0.25) is 19.2 Å². The third kappa shape index (κ3) is 7.02. The van der Waals surface area contributed by atoms with Crippen molar-refractivity contribution in [1.29, 1.82) is 0 Å². The molecule has 44 heavy (non-hydrogen) atoms. The monoisotopic (exact) mass is 604 g/mol. The Morgan fingerprint density at radius 1 is 0.773 bits per heavy atom. The van der Waals surface area contributed by atoms with Crippen LogP contribution in [-0.4, -0.2) is 48.2 Å². The fraction of sp³-hybridized carbons (Fsp3) is 0.353. The molecule has 10 heteroatoms. The van der Waals surface area contributed by atoms with Crippen molar-refractivity contribution in [2.75, 3.05) is 22.9 Å². The first kappa shape index (κ1) is 32.5. The van der Waals surface area contributed by atoms with Gasteiger partial charge in [0, 0.05) is 19.2 Å². The number of nitrogens with zero attached hydrogens (tertiary/aromatic N) is 2. The molecule has 0 fully saturated rings. The topological polar surface area (TPSA) is 113 Å². The lowest BCUT2D eigenvalue weighted by atomic mass is 9.84. The lowest BCUT2D eigenvalue weighted by molar-refractivity contribution is -0.144. The van der Waals surface area contributed by atoms with Crippen LogP contribution in [0.2, 0.25) is 0 Å². The van der Waals surface area contributed by atoms with Gasteiger partial charge in [0.25, 0.3) is 11.8 Å². The first-order valence-electron chi connectivity index (χ1n) is 14.7. The van der Waals surface area contributed by atoms with E-state index in [-0.39, 0.29) is 36.9 Å². The van der Waals surface area contributed by atoms with Gasteiger partial charge >= 0.3 is 0 Å². The van der Waals surface area contributed by atoms with Crippen molar-refractivity contribution >= 4 is 34.9 Å². The van der Waals surface area contributed by atoms with Gasteiger partial charge in [-0.15, -0.1) is 0 Å². The molecule has 232 valence electrons. The molecule has 0 radical (unpaired) electrons. The number of benzene rings is 3. The quantitative estimate of drug-likeness (QED) is 0.319. The van der Waals surface area contributed by atoms with Gasteiger partial charge in [0.15, 0.2) is 5.78 Å². The van der Waals surface area contributed by atoms with Crippen molar-refractivity contribution < 1.29 is 28.0 Å². The van der Waals surface area contributed by atoms with Crippen LogP contribution >= 0.6 is 0 Å². The highest BCUT2D eigenvalue weighted by atomic mass is 19.1. The number of hydrogen-bond donors (Lipinski definition) is 2. The summed E-state index contributed by atoms with van der Waals surface area (Å²) in [5.74, 6) is -5.27. The summed E-state index contributed by atoms with van der Waals surface area (Å²) < 4.78 is 27.6. The smallest absolute Gasteiger partial charge is 0.264 e. The Morgan fingerprint density at radius 2 is 1.25 bits per heavy atom. The van der Waals surface area contributed by atoms with Gasteiger partial charge in [-0.1, -0.05) is 70.2 Å². The zero-order valence-electron chi connectivity index (χ0n) is 25.3.